The summed E-state index contributed by atoms with van der Waals surface area (Å²) in [4.78, 5) is 8.29. The van der Waals surface area contributed by atoms with E-state index in [1.54, 1.807) is 13.2 Å². The largest absolute Gasteiger partial charge is 0.496 e. The van der Waals surface area contributed by atoms with Gasteiger partial charge in [-0.2, -0.15) is 4.99 Å². The summed E-state index contributed by atoms with van der Waals surface area (Å²) in [6.07, 6.45) is 0. The van der Waals surface area contributed by atoms with Crippen LogP contribution in [0, 0.1) is 0 Å². The smallest absolute Gasteiger partial charge is 0.192 e. The number of benzene rings is 1. The van der Waals surface area contributed by atoms with Crippen molar-refractivity contribution < 1.29 is 4.74 Å². The Morgan fingerprint density at radius 3 is 2.61 bits per heavy atom. The Hall–Kier alpha value is -2.56. The molecule has 0 amide bonds. The molecule has 1 heterocycles. The molecule has 2 aromatic rings. The van der Waals surface area contributed by atoms with Crippen molar-refractivity contribution in [3.05, 3.63) is 42.5 Å². The summed E-state index contributed by atoms with van der Waals surface area (Å²) in [6, 6.07) is 13.1. The van der Waals surface area contributed by atoms with E-state index >= 15 is 0 Å². The van der Waals surface area contributed by atoms with Crippen LogP contribution in [0.3, 0.4) is 0 Å². The van der Waals surface area contributed by atoms with Crippen molar-refractivity contribution in [2.75, 3.05) is 7.11 Å². The second kappa shape index (κ2) is 5.18. The van der Waals surface area contributed by atoms with Crippen molar-refractivity contribution in [3.63, 3.8) is 0 Å². The number of hydrogen-bond acceptors (Lipinski definition) is 3. The van der Waals surface area contributed by atoms with Crippen LogP contribution in [-0.4, -0.2) is 18.1 Å². The molecule has 1 aromatic carbocycles. The third-order valence-electron chi connectivity index (χ3n) is 2.36. The zero-order chi connectivity index (χ0) is 13.0. The Balaban J connectivity index is 2.48. The van der Waals surface area contributed by atoms with Gasteiger partial charge < -0.3 is 16.2 Å². The molecule has 0 fully saturated rings. The third-order valence-corrected chi connectivity index (χ3v) is 2.36. The van der Waals surface area contributed by atoms with Crippen molar-refractivity contribution in [2.45, 2.75) is 0 Å². The molecule has 0 bridgehead atoms. The molecule has 0 aliphatic heterocycles. The van der Waals surface area contributed by atoms with Gasteiger partial charge >= 0.3 is 0 Å². The monoisotopic (exact) mass is 242 g/mol. The van der Waals surface area contributed by atoms with Gasteiger partial charge in [0.05, 0.1) is 12.8 Å². The van der Waals surface area contributed by atoms with E-state index in [1.165, 1.54) is 0 Å². The predicted molar refractivity (Wildman–Crippen MR) is 71.7 cm³/mol. The topological polar surface area (TPSA) is 86.5 Å². The van der Waals surface area contributed by atoms with Crippen LogP contribution in [0.25, 0.3) is 11.3 Å². The molecule has 2 rings (SSSR count). The minimum Gasteiger partial charge on any atom is -0.496 e. The molecule has 0 spiro atoms. The summed E-state index contributed by atoms with van der Waals surface area (Å²) < 4.78 is 5.30. The number of methoxy groups -OCH3 is 1. The van der Waals surface area contributed by atoms with Crippen LogP contribution in [-0.2, 0) is 0 Å². The maximum absolute atomic E-state index is 5.33. The Labute approximate surface area is 105 Å². The molecule has 0 saturated carbocycles. The Kier molecular flexibility index (Phi) is 3.43. The number of nitrogens with zero attached hydrogens (tertiary/aromatic N) is 2. The highest BCUT2D eigenvalue weighted by atomic mass is 16.5. The minimum atomic E-state index is -0.0142. The number of hydrogen-bond donors (Lipinski definition) is 2. The van der Waals surface area contributed by atoms with Gasteiger partial charge in [0.25, 0.3) is 0 Å². The first-order valence-electron chi connectivity index (χ1n) is 5.41. The quantitative estimate of drug-likeness (QED) is 0.633. The molecule has 0 atom stereocenters. The molecule has 5 nitrogen and oxygen atoms in total. The fourth-order valence-electron chi connectivity index (χ4n) is 1.62. The van der Waals surface area contributed by atoms with Gasteiger partial charge in [-0.15, -0.1) is 0 Å². The fraction of sp³-hybridized carbons (Fsp3) is 0.0769. The third kappa shape index (κ3) is 2.57. The van der Waals surface area contributed by atoms with Gasteiger partial charge in [0, 0.05) is 5.56 Å². The first kappa shape index (κ1) is 11.9. The number of aliphatic imine (C=N–C) groups is 1. The molecule has 0 saturated heterocycles. The molecular formula is C13H14N4O. The Morgan fingerprint density at radius 2 is 1.89 bits per heavy atom. The number of para-hydroxylation sites is 1. The van der Waals surface area contributed by atoms with Gasteiger partial charge in [-0.3, -0.25) is 0 Å². The number of ether oxygens (including phenoxy) is 1. The van der Waals surface area contributed by atoms with E-state index in [0.29, 0.717) is 5.82 Å². The van der Waals surface area contributed by atoms with E-state index in [4.69, 9.17) is 16.2 Å². The lowest BCUT2D eigenvalue weighted by molar-refractivity contribution is 0.416. The average molecular weight is 242 g/mol. The Bertz CT molecular complexity index is 577. The molecule has 0 radical (unpaired) electrons. The molecule has 0 aliphatic rings. The van der Waals surface area contributed by atoms with Crippen LogP contribution in [0.4, 0.5) is 5.82 Å². The summed E-state index contributed by atoms with van der Waals surface area (Å²) in [5.41, 5.74) is 12.3. The molecule has 5 heteroatoms. The van der Waals surface area contributed by atoms with Crippen LogP contribution >= 0.6 is 0 Å². The van der Waals surface area contributed by atoms with Gasteiger partial charge in [0.15, 0.2) is 11.8 Å². The summed E-state index contributed by atoms with van der Waals surface area (Å²) >= 11 is 0. The zero-order valence-electron chi connectivity index (χ0n) is 10.00. The summed E-state index contributed by atoms with van der Waals surface area (Å²) in [5, 5.41) is 0. The predicted octanol–water partition coefficient (Wildman–Crippen LogP) is 1.66. The van der Waals surface area contributed by atoms with E-state index in [1.807, 2.05) is 36.4 Å². The Morgan fingerprint density at radius 1 is 1.11 bits per heavy atom. The molecule has 0 aliphatic carbocycles. The van der Waals surface area contributed by atoms with Crippen molar-refractivity contribution in [3.8, 4) is 17.0 Å². The van der Waals surface area contributed by atoms with Crippen LogP contribution < -0.4 is 16.2 Å². The van der Waals surface area contributed by atoms with Gasteiger partial charge in [0.2, 0.25) is 0 Å². The maximum atomic E-state index is 5.33. The fourth-order valence-corrected chi connectivity index (χ4v) is 1.62. The van der Waals surface area contributed by atoms with Gasteiger partial charge in [-0.05, 0) is 24.3 Å². The van der Waals surface area contributed by atoms with Gasteiger partial charge in [-0.25, -0.2) is 4.98 Å². The molecule has 4 N–H and O–H groups in total. The molecule has 18 heavy (non-hydrogen) atoms. The standard InChI is InChI=1S/C13H14N4O/c1-18-11-7-3-2-5-9(11)10-6-4-8-12(16-10)17-13(14)15/h2-8H,1H3,(H4,14,15,16,17). The normalized spacial score (nSPS) is 9.83. The van der Waals surface area contributed by atoms with Crippen molar-refractivity contribution in [2.24, 2.45) is 16.5 Å². The highest BCUT2D eigenvalue weighted by Crippen LogP contribution is 2.28. The highest BCUT2D eigenvalue weighted by molar-refractivity contribution is 5.78. The lowest BCUT2D eigenvalue weighted by atomic mass is 10.1. The van der Waals surface area contributed by atoms with Crippen LogP contribution in [0.15, 0.2) is 47.5 Å². The summed E-state index contributed by atoms with van der Waals surface area (Å²) in [6.45, 7) is 0. The minimum absolute atomic E-state index is 0.0142. The zero-order valence-corrected chi connectivity index (χ0v) is 10.00. The second-order valence-corrected chi connectivity index (χ2v) is 3.62. The SMILES string of the molecule is COc1ccccc1-c1cccc(N=C(N)N)n1. The molecule has 0 unspecified atom stereocenters. The first-order valence-corrected chi connectivity index (χ1v) is 5.41. The van der Waals surface area contributed by atoms with E-state index < -0.39 is 0 Å². The first-order chi connectivity index (χ1) is 8.70. The van der Waals surface area contributed by atoms with Crippen molar-refractivity contribution >= 4 is 11.8 Å². The van der Waals surface area contributed by atoms with Crippen LogP contribution in [0.2, 0.25) is 0 Å². The number of aromatic nitrogens is 1. The highest BCUT2D eigenvalue weighted by Gasteiger charge is 2.06. The number of guanidine groups is 1. The average Bonchev–Trinajstić information content (AvgIpc) is 2.38. The summed E-state index contributed by atoms with van der Waals surface area (Å²) in [5.74, 6) is 1.21. The lowest BCUT2D eigenvalue weighted by Crippen LogP contribution is -2.22. The van der Waals surface area contributed by atoms with E-state index in [2.05, 4.69) is 9.98 Å². The maximum Gasteiger partial charge on any atom is 0.192 e. The summed E-state index contributed by atoms with van der Waals surface area (Å²) in [7, 11) is 1.62. The number of rotatable bonds is 3. The van der Waals surface area contributed by atoms with E-state index in [0.717, 1.165) is 17.0 Å². The van der Waals surface area contributed by atoms with E-state index in [9.17, 15) is 0 Å². The molecule has 1 aromatic heterocycles. The number of pyridine rings is 1. The second-order valence-electron chi connectivity index (χ2n) is 3.62. The van der Waals surface area contributed by atoms with E-state index in [-0.39, 0.29) is 5.96 Å². The van der Waals surface area contributed by atoms with Gasteiger partial charge in [0.1, 0.15) is 5.75 Å². The van der Waals surface area contributed by atoms with Crippen molar-refractivity contribution in [1.29, 1.82) is 0 Å². The van der Waals surface area contributed by atoms with Crippen LogP contribution in [0.5, 0.6) is 5.75 Å². The van der Waals surface area contributed by atoms with Gasteiger partial charge in [-0.1, -0.05) is 18.2 Å². The molecule has 92 valence electrons. The molecular weight excluding hydrogens is 228 g/mol. The number of nitrogens with two attached hydrogens (primary N) is 2. The lowest BCUT2D eigenvalue weighted by Gasteiger charge is -2.07. The van der Waals surface area contributed by atoms with Crippen LogP contribution in [0.1, 0.15) is 0 Å². The van der Waals surface area contributed by atoms with Crippen molar-refractivity contribution in [1.82, 2.24) is 4.98 Å².